The van der Waals surface area contributed by atoms with E-state index >= 15 is 0 Å². The number of nitrogens with zero attached hydrogens (tertiary/aromatic N) is 1. The second-order valence-electron chi connectivity index (χ2n) is 9.01. The van der Waals surface area contributed by atoms with Gasteiger partial charge in [-0.25, -0.2) is 9.59 Å². The molecule has 0 bridgehead atoms. The van der Waals surface area contributed by atoms with Gasteiger partial charge in [0.05, 0.1) is 7.11 Å². The van der Waals surface area contributed by atoms with Crippen molar-refractivity contribution in [3.63, 3.8) is 0 Å². The Morgan fingerprint density at radius 2 is 1.70 bits per heavy atom. The summed E-state index contributed by atoms with van der Waals surface area (Å²) in [6.45, 7) is 1.32. The van der Waals surface area contributed by atoms with Gasteiger partial charge in [-0.1, -0.05) is 42.2 Å². The van der Waals surface area contributed by atoms with Crippen LogP contribution in [-0.4, -0.2) is 66.2 Å². The van der Waals surface area contributed by atoms with Crippen LogP contribution in [0.1, 0.15) is 36.0 Å². The van der Waals surface area contributed by atoms with E-state index in [1.807, 2.05) is 54.6 Å². The number of piperidine rings is 1. The van der Waals surface area contributed by atoms with Crippen molar-refractivity contribution >= 4 is 23.8 Å². The number of alkyl halides is 3. The molecule has 2 unspecified atom stereocenters. The monoisotopic (exact) mass is 560 g/mol. The van der Waals surface area contributed by atoms with E-state index < -0.39 is 24.2 Å². The number of aliphatic carboxylic acids is 1. The van der Waals surface area contributed by atoms with Gasteiger partial charge in [0.15, 0.2) is 5.96 Å². The first-order chi connectivity index (χ1) is 18.9. The zero-order chi connectivity index (χ0) is 29.7. The number of ether oxygens (including phenoxy) is 1. The SMILES string of the molecule is COC(=O)C(Cc1ccc(C#Cc2ccccc2)cc1)NC(=O)CC1CCCN(C(=N)N)C1.O=C(O)C(F)(F)F. The van der Waals surface area contributed by atoms with E-state index in [0.29, 0.717) is 13.0 Å². The number of rotatable bonds is 6. The van der Waals surface area contributed by atoms with Crippen molar-refractivity contribution in [1.82, 2.24) is 10.2 Å². The van der Waals surface area contributed by atoms with Crippen LogP contribution in [0, 0.1) is 23.2 Å². The van der Waals surface area contributed by atoms with Gasteiger partial charge < -0.3 is 25.8 Å². The molecule has 1 saturated heterocycles. The molecule has 40 heavy (non-hydrogen) atoms. The number of carboxylic acid groups (broad SMARTS) is 1. The van der Waals surface area contributed by atoms with Gasteiger partial charge in [0.2, 0.25) is 5.91 Å². The maximum absolute atomic E-state index is 12.6. The minimum absolute atomic E-state index is 0.0319. The number of guanidine groups is 1. The Morgan fingerprint density at radius 1 is 1.12 bits per heavy atom. The van der Waals surface area contributed by atoms with Gasteiger partial charge in [0.1, 0.15) is 6.04 Å². The molecule has 5 N–H and O–H groups in total. The smallest absolute Gasteiger partial charge is 0.475 e. The summed E-state index contributed by atoms with van der Waals surface area (Å²) in [7, 11) is 1.32. The minimum atomic E-state index is -5.08. The van der Waals surface area contributed by atoms with Crippen molar-refractivity contribution in [2.75, 3.05) is 20.2 Å². The Morgan fingerprint density at radius 3 is 2.23 bits per heavy atom. The van der Waals surface area contributed by atoms with Crippen molar-refractivity contribution in [3.8, 4) is 11.8 Å². The lowest BCUT2D eigenvalue weighted by Gasteiger charge is -2.32. The van der Waals surface area contributed by atoms with Crippen LogP contribution in [0.5, 0.6) is 0 Å². The number of carbonyl (C=O) groups excluding carboxylic acids is 2. The van der Waals surface area contributed by atoms with E-state index in [4.69, 9.17) is 25.8 Å². The highest BCUT2D eigenvalue weighted by Crippen LogP contribution is 2.19. The summed E-state index contributed by atoms with van der Waals surface area (Å²) in [5.41, 5.74) is 8.30. The maximum Gasteiger partial charge on any atom is 0.490 e. The molecule has 1 aliphatic rings. The van der Waals surface area contributed by atoms with Gasteiger partial charge in [-0.05, 0) is 48.6 Å². The van der Waals surface area contributed by atoms with Crippen molar-refractivity contribution < 1.29 is 37.4 Å². The third-order valence-electron chi connectivity index (χ3n) is 5.92. The fraction of sp³-hybridized carbons (Fsp3) is 0.357. The first-order valence-corrected chi connectivity index (χ1v) is 12.3. The topological polar surface area (TPSA) is 146 Å². The number of methoxy groups -OCH3 is 1. The molecule has 0 radical (unpaired) electrons. The summed E-state index contributed by atoms with van der Waals surface area (Å²) in [4.78, 5) is 35.6. The first kappa shape index (κ1) is 31.7. The molecule has 12 heteroatoms. The Labute approximate surface area is 230 Å². The van der Waals surface area contributed by atoms with Crippen molar-refractivity contribution in [1.29, 1.82) is 5.41 Å². The van der Waals surface area contributed by atoms with Crippen LogP contribution in [0.4, 0.5) is 13.2 Å². The standard InChI is InChI=1S/C26H30N4O3.C2HF3O2/c1-33-25(32)23(29-24(31)17-22-8-5-15-30(18-22)26(27)28)16-21-13-11-20(12-14-21)10-9-19-6-3-2-4-7-19;3-2(4,5)1(6)7/h2-4,6-7,11-14,22-23H,5,8,15-18H2,1H3,(H3,27,28)(H,29,31);(H,6,7). The van der Waals surface area contributed by atoms with Crippen LogP contribution in [0.25, 0.3) is 0 Å². The largest absolute Gasteiger partial charge is 0.490 e. The predicted octanol–water partition coefficient (Wildman–Crippen LogP) is 2.92. The van der Waals surface area contributed by atoms with Crippen LogP contribution in [0.2, 0.25) is 0 Å². The minimum Gasteiger partial charge on any atom is -0.475 e. The van der Waals surface area contributed by atoms with Crippen LogP contribution in [-0.2, 0) is 25.5 Å². The fourth-order valence-electron chi connectivity index (χ4n) is 3.93. The van der Waals surface area contributed by atoms with E-state index in [9.17, 15) is 22.8 Å². The molecule has 0 aromatic heterocycles. The van der Waals surface area contributed by atoms with Crippen molar-refractivity contribution in [2.24, 2.45) is 11.7 Å². The molecule has 0 spiro atoms. The highest BCUT2D eigenvalue weighted by molar-refractivity contribution is 5.85. The number of nitrogens with two attached hydrogens (primary N) is 1. The molecule has 1 aliphatic heterocycles. The zero-order valence-electron chi connectivity index (χ0n) is 21.8. The molecular formula is C28H31F3N4O5. The molecule has 0 aliphatic carbocycles. The molecule has 9 nitrogen and oxygen atoms in total. The number of halogens is 3. The Balaban J connectivity index is 0.000000708. The Kier molecular flexibility index (Phi) is 12.0. The number of carbonyl (C=O) groups is 3. The molecule has 214 valence electrons. The normalized spacial score (nSPS) is 15.3. The molecular weight excluding hydrogens is 529 g/mol. The Hall–Kier alpha value is -4.53. The van der Waals surface area contributed by atoms with Crippen LogP contribution >= 0.6 is 0 Å². The number of nitrogens with one attached hydrogen (secondary N) is 2. The quantitative estimate of drug-likeness (QED) is 0.184. The lowest BCUT2D eigenvalue weighted by atomic mass is 9.94. The number of benzene rings is 2. The summed E-state index contributed by atoms with van der Waals surface area (Å²) in [6.07, 6.45) is -2.69. The van der Waals surface area contributed by atoms with Gasteiger partial charge >= 0.3 is 18.1 Å². The van der Waals surface area contributed by atoms with Crippen LogP contribution in [0.15, 0.2) is 54.6 Å². The molecule has 0 saturated carbocycles. The summed E-state index contributed by atoms with van der Waals surface area (Å²) in [5.74, 6) is 2.93. The lowest BCUT2D eigenvalue weighted by Crippen LogP contribution is -2.46. The summed E-state index contributed by atoms with van der Waals surface area (Å²) in [5, 5.41) is 17.5. The van der Waals surface area contributed by atoms with Gasteiger partial charge in [0, 0.05) is 37.1 Å². The number of carboxylic acids is 1. The Bertz CT molecular complexity index is 1220. The van der Waals surface area contributed by atoms with Crippen molar-refractivity contribution in [2.45, 2.75) is 37.9 Å². The molecule has 3 rings (SSSR count). The molecule has 1 fully saturated rings. The van der Waals surface area contributed by atoms with Crippen LogP contribution < -0.4 is 11.1 Å². The van der Waals surface area contributed by atoms with E-state index in [2.05, 4.69) is 17.2 Å². The molecule has 2 atom stereocenters. The maximum atomic E-state index is 12.6. The molecule has 1 amide bonds. The van der Waals surface area contributed by atoms with Gasteiger partial charge in [-0.15, -0.1) is 0 Å². The lowest BCUT2D eigenvalue weighted by molar-refractivity contribution is -0.192. The van der Waals surface area contributed by atoms with Gasteiger partial charge in [0.25, 0.3) is 0 Å². The third kappa shape index (κ3) is 11.1. The fourth-order valence-corrected chi connectivity index (χ4v) is 3.93. The number of amides is 1. The first-order valence-electron chi connectivity index (χ1n) is 12.3. The summed E-state index contributed by atoms with van der Waals surface area (Å²) < 4.78 is 36.6. The summed E-state index contributed by atoms with van der Waals surface area (Å²) >= 11 is 0. The predicted molar refractivity (Wildman–Crippen MR) is 141 cm³/mol. The highest BCUT2D eigenvalue weighted by Gasteiger charge is 2.38. The molecule has 1 heterocycles. The number of hydrogen-bond donors (Lipinski definition) is 4. The second-order valence-corrected chi connectivity index (χ2v) is 9.01. The van der Waals surface area contributed by atoms with Crippen LogP contribution in [0.3, 0.4) is 0 Å². The molecule has 2 aromatic carbocycles. The number of hydrogen-bond acceptors (Lipinski definition) is 5. The third-order valence-corrected chi connectivity index (χ3v) is 5.92. The van der Waals surface area contributed by atoms with E-state index in [0.717, 1.165) is 36.1 Å². The van der Waals surface area contributed by atoms with Crippen molar-refractivity contribution in [3.05, 3.63) is 71.3 Å². The van der Waals surface area contributed by atoms with E-state index in [1.54, 1.807) is 4.90 Å². The highest BCUT2D eigenvalue weighted by atomic mass is 19.4. The van der Waals surface area contributed by atoms with E-state index in [1.165, 1.54) is 7.11 Å². The zero-order valence-corrected chi connectivity index (χ0v) is 21.8. The second kappa shape index (κ2) is 15.2. The van der Waals surface area contributed by atoms with Gasteiger partial charge in [-0.2, -0.15) is 13.2 Å². The van der Waals surface area contributed by atoms with Gasteiger partial charge in [-0.3, -0.25) is 10.2 Å². The average Bonchev–Trinajstić information content (AvgIpc) is 2.92. The van der Waals surface area contributed by atoms with E-state index in [-0.39, 0.29) is 24.2 Å². The molecule has 2 aromatic rings. The summed E-state index contributed by atoms with van der Waals surface area (Å²) in [6, 6.07) is 16.6. The average molecular weight is 561 g/mol. The number of esters is 1. The number of likely N-dealkylation sites (tertiary alicyclic amines) is 1.